The summed E-state index contributed by atoms with van der Waals surface area (Å²) in [6, 6.07) is 13.4. The van der Waals surface area contributed by atoms with E-state index in [0.29, 0.717) is 12.0 Å². The molecule has 1 unspecified atom stereocenters. The fourth-order valence-electron chi connectivity index (χ4n) is 2.86. The predicted molar refractivity (Wildman–Crippen MR) is 90.9 cm³/mol. The molecular formula is C19H20N2O3. The maximum atomic E-state index is 11.7. The Balaban J connectivity index is 1.79. The van der Waals surface area contributed by atoms with Gasteiger partial charge in [0, 0.05) is 18.3 Å². The second-order valence-electron chi connectivity index (χ2n) is 6.35. The molecule has 0 spiro atoms. The molecule has 0 radical (unpaired) electrons. The van der Waals surface area contributed by atoms with Gasteiger partial charge >= 0.3 is 5.97 Å². The number of carbonyl (C=O) groups is 1. The van der Waals surface area contributed by atoms with Crippen LogP contribution in [0.2, 0.25) is 0 Å². The normalized spacial score (nSPS) is 18.6. The van der Waals surface area contributed by atoms with E-state index in [1.165, 1.54) is 7.11 Å². The van der Waals surface area contributed by atoms with Crippen LogP contribution in [0.4, 0.5) is 0 Å². The zero-order valence-corrected chi connectivity index (χ0v) is 14.0. The lowest BCUT2D eigenvalue weighted by molar-refractivity contribution is 0.0364. The van der Waals surface area contributed by atoms with Crippen LogP contribution in [0.25, 0.3) is 0 Å². The molecule has 1 aromatic heterocycles. The predicted octanol–water partition coefficient (Wildman–Crippen LogP) is 3.24. The molecule has 1 aromatic carbocycles. The van der Waals surface area contributed by atoms with E-state index < -0.39 is 0 Å². The number of oxime groups is 1. The van der Waals surface area contributed by atoms with E-state index in [-0.39, 0.29) is 17.5 Å². The highest BCUT2D eigenvalue weighted by Crippen LogP contribution is 2.36. The summed E-state index contributed by atoms with van der Waals surface area (Å²) < 4.78 is 4.76. The van der Waals surface area contributed by atoms with Crippen LogP contribution in [-0.2, 0) is 16.0 Å². The summed E-state index contributed by atoms with van der Waals surface area (Å²) in [5.41, 5.74) is 2.99. The lowest BCUT2D eigenvalue weighted by atomic mass is 9.77. The number of pyridine rings is 1. The van der Waals surface area contributed by atoms with Gasteiger partial charge in [-0.1, -0.05) is 49.3 Å². The first-order chi connectivity index (χ1) is 11.5. The minimum Gasteiger partial charge on any atom is -0.465 e. The van der Waals surface area contributed by atoms with E-state index in [0.717, 1.165) is 17.0 Å². The molecule has 2 aromatic rings. The third-order valence-corrected chi connectivity index (χ3v) is 4.37. The summed E-state index contributed by atoms with van der Waals surface area (Å²) >= 11 is 0. The minimum absolute atomic E-state index is 0.145. The summed E-state index contributed by atoms with van der Waals surface area (Å²) in [6.45, 7) is 4.22. The van der Waals surface area contributed by atoms with Gasteiger partial charge in [0.05, 0.1) is 23.8 Å². The van der Waals surface area contributed by atoms with E-state index in [4.69, 9.17) is 9.57 Å². The number of hydrogen-bond donors (Lipinski definition) is 0. The van der Waals surface area contributed by atoms with Gasteiger partial charge in [-0.3, -0.25) is 4.98 Å². The number of methoxy groups -OCH3 is 1. The number of esters is 1. The number of aromatic nitrogens is 1. The molecule has 5 nitrogen and oxygen atoms in total. The Kier molecular flexibility index (Phi) is 4.34. The van der Waals surface area contributed by atoms with Crippen molar-refractivity contribution in [1.82, 2.24) is 4.98 Å². The number of hydrogen-bond acceptors (Lipinski definition) is 5. The van der Waals surface area contributed by atoms with Gasteiger partial charge in [0.1, 0.15) is 6.10 Å². The van der Waals surface area contributed by atoms with Crippen LogP contribution in [0.1, 0.15) is 35.5 Å². The molecule has 2 heterocycles. The Morgan fingerprint density at radius 1 is 1.25 bits per heavy atom. The number of ether oxygens (including phenoxy) is 1. The highest BCUT2D eigenvalue weighted by molar-refractivity contribution is 6.05. The first-order valence-electron chi connectivity index (χ1n) is 7.85. The Bertz CT molecular complexity index is 769. The van der Waals surface area contributed by atoms with E-state index in [1.54, 1.807) is 18.3 Å². The lowest BCUT2D eigenvalue weighted by Crippen LogP contribution is -2.35. The molecule has 0 fully saturated rings. The third kappa shape index (κ3) is 3.02. The van der Waals surface area contributed by atoms with Gasteiger partial charge in [-0.2, -0.15) is 0 Å². The quantitative estimate of drug-likeness (QED) is 0.810. The summed E-state index contributed by atoms with van der Waals surface area (Å²) in [6.07, 6.45) is 2.04. The first kappa shape index (κ1) is 16.2. The number of nitrogens with zero attached hydrogens (tertiary/aromatic N) is 2. The fraction of sp³-hybridized carbons (Fsp3) is 0.316. The van der Waals surface area contributed by atoms with Gasteiger partial charge in [0.2, 0.25) is 0 Å². The number of rotatable bonds is 4. The Morgan fingerprint density at radius 2 is 2.00 bits per heavy atom. The van der Waals surface area contributed by atoms with Gasteiger partial charge in [-0.15, -0.1) is 0 Å². The van der Waals surface area contributed by atoms with Crippen LogP contribution in [0.15, 0.2) is 53.8 Å². The molecule has 0 saturated heterocycles. The van der Waals surface area contributed by atoms with Crippen molar-refractivity contribution >= 4 is 11.7 Å². The van der Waals surface area contributed by atoms with Crippen molar-refractivity contribution in [2.75, 3.05) is 7.11 Å². The summed E-state index contributed by atoms with van der Waals surface area (Å²) in [5.74, 6) is -0.369. The molecule has 1 atom stereocenters. The van der Waals surface area contributed by atoms with Crippen LogP contribution >= 0.6 is 0 Å². The average molecular weight is 324 g/mol. The smallest absolute Gasteiger partial charge is 0.337 e. The highest BCUT2D eigenvalue weighted by Gasteiger charge is 2.42. The van der Waals surface area contributed by atoms with Crippen molar-refractivity contribution < 1.29 is 14.4 Å². The van der Waals surface area contributed by atoms with Gasteiger partial charge < -0.3 is 9.57 Å². The van der Waals surface area contributed by atoms with Crippen molar-refractivity contribution in [3.05, 3.63) is 65.5 Å². The van der Waals surface area contributed by atoms with Crippen LogP contribution in [0.3, 0.4) is 0 Å². The van der Waals surface area contributed by atoms with Crippen molar-refractivity contribution in [1.29, 1.82) is 0 Å². The monoisotopic (exact) mass is 324 g/mol. The van der Waals surface area contributed by atoms with Gasteiger partial charge in [0.15, 0.2) is 0 Å². The van der Waals surface area contributed by atoms with Crippen LogP contribution in [0.5, 0.6) is 0 Å². The maximum Gasteiger partial charge on any atom is 0.337 e. The highest BCUT2D eigenvalue weighted by atomic mass is 16.6. The Labute approximate surface area is 141 Å². The van der Waals surface area contributed by atoms with E-state index in [1.807, 2.05) is 30.3 Å². The van der Waals surface area contributed by atoms with Gasteiger partial charge in [-0.25, -0.2) is 4.79 Å². The van der Waals surface area contributed by atoms with Gasteiger partial charge in [0.25, 0.3) is 0 Å². The average Bonchev–Trinajstić information content (AvgIpc) is 2.89. The van der Waals surface area contributed by atoms with Crippen LogP contribution in [0, 0.1) is 5.41 Å². The second-order valence-corrected chi connectivity index (χ2v) is 6.35. The fourth-order valence-corrected chi connectivity index (χ4v) is 2.86. The SMILES string of the molecule is COC(=O)c1ccnc(CC2ON=C(c3ccccc3)C2(C)C)c1. The summed E-state index contributed by atoms with van der Waals surface area (Å²) in [7, 11) is 1.37. The maximum absolute atomic E-state index is 11.7. The Morgan fingerprint density at radius 3 is 2.71 bits per heavy atom. The molecular weight excluding hydrogens is 304 g/mol. The minimum atomic E-state index is -0.369. The standard InChI is InChI=1S/C19H20N2O3/c1-19(2)16(24-21-17(19)13-7-5-4-6-8-13)12-15-11-14(9-10-20-15)18(22)23-3/h4-11,16H,12H2,1-3H3. The first-order valence-corrected chi connectivity index (χ1v) is 7.85. The van der Waals surface area contributed by atoms with Crippen molar-refractivity contribution in [2.24, 2.45) is 10.6 Å². The number of benzene rings is 1. The van der Waals surface area contributed by atoms with Crippen molar-refractivity contribution in [2.45, 2.75) is 26.4 Å². The molecule has 24 heavy (non-hydrogen) atoms. The molecule has 3 rings (SSSR count). The van der Waals surface area contributed by atoms with E-state index in [2.05, 4.69) is 24.0 Å². The van der Waals surface area contributed by atoms with Crippen LogP contribution < -0.4 is 0 Å². The van der Waals surface area contributed by atoms with Gasteiger partial charge in [-0.05, 0) is 17.7 Å². The summed E-state index contributed by atoms with van der Waals surface area (Å²) in [5, 5.41) is 4.31. The van der Waals surface area contributed by atoms with Crippen molar-refractivity contribution in [3.63, 3.8) is 0 Å². The molecule has 1 aliphatic rings. The Hall–Kier alpha value is -2.69. The molecule has 0 bridgehead atoms. The molecule has 1 aliphatic heterocycles. The molecule has 0 aliphatic carbocycles. The van der Waals surface area contributed by atoms with Crippen molar-refractivity contribution in [3.8, 4) is 0 Å². The second kappa shape index (κ2) is 6.43. The molecule has 124 valence electrons. The lowest BCUT2D eigenvalue weighted by Gasteiger charge is -2.25. The topological polar surface area (TPSA) is 60.8 Å². The summed E-state index contributed by atoms with van der Waals surface area (Å²) in [4.78, 5) is 21.7. The van der Waals surface area contributed by atoms with Crippen LogP contribution in [-0.4, -0.2) is 29.9 Å². The molecule has 0 amide bonds. The third-order valence-electron chi connectivity index (χ3n) is 4.37. The molecule has 5 heteroatoms. The largest absolute Gasteiger partial charge is 0.465 e. The molecule has 0 N–H and O–H groups in total. The zero-order valence-electron chi connectivity index (χ0n) is 14.0. The number of carbonyl (C=O) groups excluding carboxylic acids is 1. The zero-order chi connectivity index (χ0) is 17.2. The molecule has 0 saturated carbocycles. The van der Waals surface area contributed by atoms with E-state index in [9.17, 15) is 4.79 Å². The van der Waals surface area contributed by atoms with E-state index >= 15 is 0 Å².